The second-order valence-electron chi connectivity index (χ2n) is 4.21. The maximum atomic E-state index is 11.7. The minimum absolute atomic E-state index is 0.101. The molecule has 0 atom stereocenters. The van der Waals surface area contributed by atoms with E-state index in [1.54, 1.807) is 37.6 Å². The summed E-state index contributed by atoms with van der Waals surface area (Å²) in [6, 6.07) is 10.8. The number of carbonyl (C=O) groups excluding carboxylic acids is 1. The van der Waals surface area contributed by atoms with E-state index in [0.29, 0.717) is 17.3 Å². The first-order valence-corrected chi connectivity index (χ1v) is 6.17. The Kier molecular flexibility index (Phi) is 4.55. The van der Waals surface area contributed by atoms with Crippen molar-refractivity contribution in [1.82, 2.24) is 4.98 Å². The average molecular weight is 272 g/mol. The molecule has 0 bridgehead atoms. The van der Waals surface area contributed by atoms with Crippen LogP contribution in [0.4, 0.5) is 5.82 Å². The lowest BCUT2D eigenvalue weighted by Crippen LogP contribution is -2.20. The number of pyridine rings is 1. The molecular formula is C15H16N2O3. The lowest BCUT2D eigenvalue weighted by molar-refractivity contribution is -0.118. The SMILES string of the molecule is COc1cc(C)ccc1OCC(=O)Nc1ccccn1. The number of nitrogens with zero attached hydrogens (tertiary/aromatic N) is 1. The number of rotatable bonds is 5. The minimum Gasteiger partial charge on any atom is -0.493 e. The van der Waals surface area contributed by atoms with E-state index in [4.69, 9.17) is 9.47 Å². The molecule has 2 rings (SSSR count). The standard InChI is InChI=1S/C15H16N2O3/c1-11-6-7-12(13(9-11)19-2)20-10-15(18)17-14-5-3-4-8-16-14/h3-9H,10H2,1-2H3,(H,16,17,18). The molecule has 0 spiro atoms. The Morgan fingerprint density at radius 1 is 1.25 bits per heavy atom. The van der Waals surface area contributed by atoms with Crippen LogP contribution in [-0.4, -0.2) is 24.6 Å². The van der Waals surface area contributed by atoms with Crippen LogP contribution in [0, 0.1) is 6.92 Å². The van der Waals surface area contributed by atoms with Crippen molar-refractivity contribution in [3.8, 4) is 11.5 Å². The molecule has 1 heterocycles. The van der Waals surface area contributed by atoms with Crippen molar-refractivity contribution in [1.29, 1.82) is 0 Å². The van der Waals surface area contributed by atoms with Crippen molar-refractivity contribution in [3.63, 3.8) is 0 Å². The molecule has 0 aliphatic rings. The predicted molar refractivity (Wildman–Crippen MR) is 76.1 cm³/mol. The van der Waals surface area contributed by atoms with E-state index in [9.17, 15) is 4.79 Å². The van der Waals surface area contributed by atoms with Gasteiger partial charge >= 0.3 is 0 Å². The molecule has 104 valence electrons. The number of ether oxygens (including phenoxy) is 2. The monoisotopic (exact) mass is 272 g/mol. The second-order valence-corrected chi connectivity index (χ2v) is 4.21. The smallest absolute Gasteiger partial charge is 0.263 e. The Balaban J connectivity index is 1.93. The van der Waals surface area contributed by atoms with Gasteiger partial charge in [-0.2, -0.15) is 0 Å². The van der Waals surface area contributed by atoms with E-state index in [1.807, 2.05) is 19.1 Å². The van der Waals surface area contributed by atoms with Gasteiger partial charge in [-0.25, -0.2) is 4.98 Å². The summed E-state index contributed by atoms with van der Waals surface area (Å²) in [6.45, 7) is 1.86. The van der Waals surface area contributed by atoms with E-state index in [0.717, 1.165) is 5.56 Å². The summed E-state index contributed by atoms with van der Waals surface area (Å²) in [5.41, 5.74) is 1.06. The van der Waals surface area contributed by atoms with Crippen LogP contribution in [0.25, 0.3) is 0 Å². The number of hydrogen-bond donors (Lipinski definition) is 1. The predicted octanol–water partition coefficient (Wildman–Crippen LogP) is 2.42. The lowest BCUT2D eigenvalue weighted by atomic mass is 10.2. The Morgan fingerprint density at radius 2 is 2.10 bits per heavy atom. The number of aryl methyl sites for hydroxylation is 1. The average Bonchev–Trinajstić information content (AvgIpc) is 2.47. The molecule has 1 aromatic heterocycles. The number of aromatic nitrogens is 1. The maximum Gasteiger partial charge on any atom is 0.263 e. The molecule has 1 aromatic carbocycles. The van der Waals surface area contributed by atoms with Crippen LogP contribution in [-0.2, 0) is 4.79 Å². The van der Waals surface area contributed by atoms with Crippen LogP contribution in [0.15, 0.2) is 42.6 Å². The Morgan fingerprint density at radius 3 is 2.80 bits per heavy atom. The van der Waals surface area contributed by atoms with E-state index in [1.165, 1.54) is 0 Å². The second kappa shape index (κ2) is 6.56. The van der Waals surface area contributed by atoms with Crippen molar-refractivity contribution >= 4 is 11.7 Å². The molecule has 0 aliphatic heterocycles. The summed E-state index contributed by atoms with van der Waals surface area (Å²) < 4.78 is 10.7. The molecule has 1 N–H and O–H groups in total. The highest BCUT2D eigenvalue weighted by Crippen LogP contribution is 2.27. The van der Waals surface area contributed by atoms with Crippen molar-refractivity contribution in [3.05, 3.63) is 48.2 Å². The van der Waals surface area contributed by atoms with Gasteiger partial charge in [0.15, 0.2) is 18.1 Å². The number of anilines is 1. The van der Waals surface area contributed by atoms with Gasteiger partial charge in [-0.1, -0.05) is 12.1 Å². The van der Waals surface area contributed by atoms with Crippen LogP contribution in [0.5, 0.6) is 11.5 Å². The molecule has 1 amide bonds. The Bertz CT molecular complexity index is 585. The largest absolute Gasteiger partial charge is 0.493 e. The van der Waals surface area contributed by atoms with Gasteiger partial charge in [-0.05, 0) is 36.8 Å². The zero-order chi connectivity index (χ0) is 14.4. The fourth-order valence-electron chi connectivity index (χ4n) is 1.65. The van der Waals surface area contributed by atoms with E-state index in [-0.39, 0.29) is 12.5 Å². The highest BCUT2D eigenvalue weighted by Gasteiger charge is 2.08. The fraction of sp³-hybridized carbons (Fsp3) is 0.200. The molecule has 0 radical (unpaired) electrons. The van der Waals surface area contributed by atoms with Crippen LogP contribution in [0.2, 0.25) is 0 Å². The van der Waals surface area contributed by atoms with E-state index < -0.39 is 0 Å². The van der Waals surface area contributed by atoms with Gasteiger partial charge in [-0.15, -0.1) is 0 Å². The molecule has 0 unspecified atom stereocenters. The third-order valence-electron chi connectivity index (χ3n) is 2.61. The fourth-order valence-corrected chi connectivity index (χ4v) is 1.65. The first kappa shape index (κ1) is 13.9. The number of benzene rings is 1. The minimum atomic E-state index is -0.272. The Labute approximate surface area is 117 Å². The van der Waals surface area contributed by atoms with Gasteiger partial charge in [0.2, 0.25) is 0 Å². The number of methoxy groups -OCH3 is 1. The van der Waals surface area contributed by atoms with Crippen molar-refractivity contribution in [2.45, 2.75) is 6.92 Å². The Hall–Kier alpha value is -2.56. The van der Waals surface area contributed by atoms with Gasteiger partial charge in [-0.3, -0.25) is 4.79 Å². The highest BCUT2D eigenvalue weighted by molar-refractivity contribution is 5.90. The van der Waals surface area contributed by atoms with E-state index >= 15 is 0 Å². The first-order chi connectivity index (χ1) is 9.69. The summed E-state index contributed by atoms with van der Waals surface area (Å²) in [6.07, 6.45) is 1.61. The molecular weight excluding hydrogens is 256 g/mol. The molecule has 5 heteroatoms. The van der Waals surface area contributed by atoms with Crippen LogP contribution in [0.1, 0.15) is 5.56 Å². The molecule has 20 heavy (non-hydrogen) atoms. The summed E-state index contributed by atoms with van der Waals surface area (Å²) >= 11 is 0. The summed E-state index contributed by atoms with van der Waals surface area (Å²) in [4.78, 5) is 15.7. The van der Waals surface area contributed by atoms with Gasteiger partial charge < -0.3 is 14.8 Å². The first-order valence-electron chi connectivity index (χ1n) is 6.17. The van der Waals surface area contributed by atoms with Gasteiger partial charge in [0.25, 0.3) is 5.91 Å². The molecule has 2 aromatic rings. The van der Waals surface area contributed by atoms with Crippen LogP contribution >= 0.6 is 0 Å². The summed E-state index contributed by atoms with van der Waals surface area (Å²) in [5.74, 6) is 1.37. The van der Waals surface area contributed by atoms with E-state index in [2.05, 4.69) is 10.3 Å². The molecule has 0 saturated carbocycles. The van der Waals surface area contributed by atoms with Gasteiger partial charge in [0, 0.05) is 6.20 Å². The quantitative estimate of drug-likeness (QED) is 0.908. The zero-order valence-electron chi connectivity index (χ0n) is 11.4. The maximum absolute atomic E-state index is 11.7. The third-order valence-corrected chi connectivity index (χ3v) is 2.61. The number of nitrogens with one attached hydrogen (secondary N) is 1. The van der Waals surface area contributed by atoms with Crippen LogP contribution < -0.4 is 14.8 Å². The number of hydrogen-bond acceptors (Lipinski definition) is 4. The van der Waals surface area contributed by atoms with Crippen molar-refractivity contribution in [2.24, 2.45) is 0 Å². The molecule has 0 fully saturated rings. The molecule has 0 aliphatic carbocycles. The van der Waals surface area contributed by atoms with Crippen molar-refractivity contribution < 1.29 is 14.3 Å². The lowest BCUT2D eigenvalue weighted by Gasteiger charge is -2.11. The topological polar surface area (TPSA) is 60.5 Å². The molecule has 5 nitrogen and oxygen atoms in total. The summed E-state index contributed by atoms with van der Waals surface area (Å²) in [5, 5.41) is 2.65. The van der Waals surface area contributed by atoms with Crippen molar-refractivity contribution in [2.75, 3.05) is 19.0 Å². The zero-order valence-corrected chi connectivity index (χ0v) is 11.4. The van der Waals surface area contributed by atoms with Crippen LogP contribution in [0.3, 0.4) is 0 Å². The number of amides is 1. The summed E-state index contributed by atoms with van der Waals surface area (Å²) in [7, 11) is 1.57. The normalized spacial score (nSPS) is 9.90. The van der Waals surface area contributed by atoms with Gasteiger partial charge in [0.05, 0.1) is 7.11 Å². The highest BCUT2D eigenvalue weighted by atomic mass is 16.5. The molecule has 0 saturated heterocycles. The van der Waals surface area contributed by atoms with Gasteiger partial charge in [0.1, 0.15) is 5.82 Å². The number of carbonyl (C=O) groups is 1. The third kappa shape index (κ3) is 3.71.